The minimum atomic E-state index is -0.157. The zero-order chi connectivity index (χ0) is 19.8. The molecule has 0 heterocycles. The second-order valence-electron chi connectivity index (χ2n) is 6.16. The Kier molecular flexibility index (Phi) is 7.02. The highest BCUT2D eigenvalue weighted by molar-refractivity contribution is 14.1. The van der Waals surface area contributed by atoms with Crippen LogP contribution in [0.5, 0.6) is 0 Å². The van der Waals surface area contributed by atoms with E-state index < -0.39 is 0 Å². The first kappa shape index (κ1) is 19.9. The molecule has 3 rings (SSSR count). The average Bonchev–Trinajstić information content (AvgIpc) is 2.73. The van der Waals surface area contributed by atoms with Crippen molar-refractivity contribution < 1.29 is 9.59 Å². The molecule has 6 heteroatoms. The van der Waals surface area contributed by atoms with Crippen LogP contribution in [0.2, 0.25) is 0 Å². The van der Waals surface area contributed by atoms with E-state index in [1.807, 2.05) is 60.7 Å². The van der Waals surface area contributed by atoms with Crippen molar-refractivity contribution in [3.05, 3.63) is 93.6 Å². The molecule has 0 bridgehead atoms. The maximum absolute atomic E-state index is 12.4. The van der Waals surface area contributed by atoms with Crippen molar-refractivity contribution >= 4 is 45.8 Å². The molecule has 0 aliphatic carbocycles. The largest absolute Gasteiger partial charge is 0.376 e. The van der Waals surface area contributed by atoms with Gasteiger partial charge >= 0.3 is 0 Å². The van der Waals surface area contributed by atoms with E-state index in [0.29, 0.717) is 17.8 Å². The summed E-state index contributed by atoms with van der Waals surface area (Å²) in [5, 5.41) is 8.78. The number of hydrogen-bond acceptors (Lipinski definition) is 3. The molecule has 0 atom stereocenters. The standard InChI is InChI=1S/C22H20IN3O2/c23-18-9-11-19(12-10-18)26-21(27)15-24-20-8-4-7-17(13-20)22(28)25-14-16-5-2-1-3-6-16/h1-13,24H,14-15H2,(H,25,28)(H,26,27). The molecule has 5 nitrogen and oxygen atoms in total. The van der Waals surface area contributed by atoms with Gasteiger partial charge in [0.25, 0.3) is 5.91 Å². The summed E-state index contributed by atoms with van der Waals surface area (Å²) < 4.78 is 1.11. The van der Waals surface area contributed by atoms with E-state index in [9.17, 15) is 9.59 Å². The van der Waals surface area contributed by atoms with Gasteiger partial charge in [0.05, 0.1) is 6.54 Å². The van der Waals surface area contributed by atoms with Gasteiger partial charge in [-0.2, -0.15) is 0 Å². The fraction of sp³-hybridized carbons (Fsp3) is 0.0909. The number of carbonyl (C=O) groups is 2. The number of hydrogen-bond donors (Lipinski definition) is 3. The third-order valence-electron chi connectivity index (χ3n) is 4.00. The van der Waals surface area contributed by atoms with Crippen molar-refractivity contribution in [2.45, 2.75) is 6.54 Å². The molecular formula is C22H20IN3O2. The fourth-order valence-electron chi connectivity index (χ4n) is 2.57. The number of nitrogens with one attached hydrogen (secondary N) is 3. The number of benzene rings is 3. The minimum Gasteiger partial charge on any atom is -0.376 e. The molecule has 0 fully saturated rings. The van der Waals surface area contributed by atoms with E-state index in [1.165, 1.54) is 0 Å². The summed E-state index contributed by atoms with van der Waals surface area (Å²) in [6.07, 6.45) is 0. The Morgan fingerprint density at radius 3 is 2.32 bits per heavy atom. The van der Waals surface area contributed by atoms with Crippen LogP contribution in [0.3, 0.4) is 0 Å². The Labute approximate surface area is 177 Å². The van der Waals surface area contributed by atoms with E-state index in [0.717, 1.165) is 14.8 Å². The van der Waals surface area contributed by atoms with Crippen LogP contribution in [0.1, 0.15) is 15.9 Å². The molecule has 0 aromatic heterocycles. The van der Waals surface area contributed by atoms with Gasteiger partial charge < -0.3 is 16.0 Å². The maximum Gasteiger partial charge on any atom is 0.251 e. The number of amides is 2. The summed E-state index contributed by atoms with van der Waals surface area (Å²) in [6.45, 7) is 0.580. The Hall–Kier alpha value is -2.87. The molecule has 2 amide bonds. The molecule has 28 heavy (non-hydrogen) atoms. The zero-order valence-electron chi connectivity index (χ0n) is 15.1. The van der Waals surface area contributed by atoms with Gasteiger partial charge in [-0.3, -0.25) is 9.59 Å². The Balaban J connectivity index is 1.51. The summed E-state index contributed by atoms with van der Waals surface area (Å²) in [7, 11) is 0. The lowest BCUT2D eigenvalue weighted by Gasteiger charge is -2.10. The molecular weight excluding hydrogens is 465 g/mol. The van der Waals surface area contributed by atoms with E-state index in [1.54, 1.807) is 18.2 Å². The van der Waals surface area contributed by atoms with Crippen LogP contribution >= 0.6 is 22.6 Å². The van der Waals surface area contributed by atoms with Gasteiger partial charge in [-0.1, -0.05) is 36.4 Å². The van der Waals surface area contributed by atoms with Crippen LogP contribution in [0, 0.1) is 3.57 Å². The molecule has 0 spiro atoms. The van der Waals surface area contributed by atoms with Crippen molar-refractivity contribution in [1.29, 1.82) is 0 Å². The topological polar surface area (TPSA) is 70.2 Å². The Morgan fingerprint density at radius 1 is 0.821 bits per heavy atom. The smallest absolute Gasteiger partial charge is 0.251 e. The SMILES string of the molecule is O=C(CNc1cccc(C(=O)NCc2ccccc2)c1)Nc1ccc(I)cc1. The molecule has 3 aromatic carbocycles. The molecule has 0 radical (unpaired) electrons. The predicted molar refractivity (Wildman–Crippen MR) is 120 cm³/mol. The predicted octanol–water partition coefficient (Wildman–Crippen LogP) is 4.27. The van der Waals surface area contributed by atoms with E-state index in [4.69, 9.17) is 0 Å². The first-order valence-corrected chi connectivity index (χ1v) is 9.89. The normalized spacial score (nSPS) is 10.2. The number of rotatable bonds is 7. The molecule has 0 unspecified atom stereocenters. The lowest BCUT2D eigenvalue weighted by atomic mass is 10.1. The molecule has 3 aromatic rings. The molecule has 0 aliphatic heterocycles. The lowest BCUT2D eigenvalue weighted by Crippen LogP contribution is -2.23. The lowest BCUT2D eigenvalue weighted by molar-refractivity contribution is -0.114. The van der Waals surface area contributed by atoms with E-state index in [-0.39, 0.29) is 18.4 Å². The third kappa shape index (κ3) is 6.09. The van der Waals surface area contributed by atoms with Crippen LogP contribution < -0.4 is 16.0 Å². The molecule has 0 aliphatic rings. The Bertz CT molecular complexity index is 944. The fourth-order valence-corrected chi connectivity index (χ4v) is 2.93. The van der Waals surface area contributed by atoms with Crippen LogP contribution in [-0.2, 0) is 11.3 Å². The van der Waals surface area contributed by atoms with Gasteiger partial charge in [0.15, 0.2) is 0 Å². The summed E-state index contributed by atoms with van der Waals surface area (Å²) in [6, 6.07) is 24.4. The van der Waals surface area contributed by atoms with Gasteiger partial charge in [-0.05, 0) is 70.6 Å². The van der Waals surface area contributed by atoms with Crippen molar-refractivity contribution in [1.82, 2.24) is 5.32 Å². The van der Waals surface area contributed by atoms with E-state index >= 15 is 0 Å². The number of halogens is 1. The van der Waals surface area contributed by atoms with Crippen molar-refractivity contribution in [2.24, 2.45) is 0 Å². The van der Waals surface area contributed by atoms with Gasteiger partial charge in [0.2, 0.25) is 5.91 Å². The molecule has 142 valence electrons. The highest BCUT2D eigenvalue weighted by atomic mass is 127. The van der Waals surface area contributed by atoms with Crippen LogP contribution in [0.25, 0.3) is 0 Å². The summed E-state index contributed by atoms with van der Waals surface area (Å²) in [5.74, 6) is -0.309. The monoisotopic (exact) mass is 485 g/mol. The van der Waals surface area contributed by atoms with Gasteiger partial charge in [-0.15, -0.1) is 0 Å². The van der Waals surface area contributed by atoms with Gasteiger partial charge in [-0.25, -0.2) is 0 Å². The quantitative estimate of drug-likeness (QED) is 0.438. The zero-order valence-corrected chi connectivity index (χ0v) is 17.3. The second-order valence-corrected chi connectivity index (χ2v) is 7.40. The summed E-state index contributed by atoms with van der Waals surface area (Å²) in [4.78, 5) is 24.5. The minimum absolute atomic E-state index is 0.112. The molecule has 3 N–H and O–H groups in total. The van der Waals surface area contributed by atoms with Crippen molar-refractivity contribution in [3.63, 3.8) is 0 Å². The first-order valence-electron chi connectivity index (χ1n) is 8.81. The van der Waals surface area contributed by atoms with Crippen molar-refractivity contribution in [2.75, 3.05) is 17.2 Å². The first-order chi connectivity index (χ1) is 13.6. The maximum atomic E-state index is 12.4. The summed E-state index contributed by atoms with van der Waals surface area (Å²) in [5.41, 5.74) is 3.04. The Morgan fingerprint density at radius 2 is 1.57 bits per heavy atom. The average molecular weight is 485 g/mol. The van der Waals surface area contributed by atoms with Crippen LogP contribution in [0.15, 0.2) is 78.9 Å². The molecule has 0 saturated heterocycles. The van der Waals surface area contributed by atoms with Crippen LogP contribution in [0.4, 0.5) is 11.4 Å². The highest BCUT2D eigenvalue weighted by Gasteiger charge is 2.07. The van der Waals surface area contributed by atoms with Crippen molar-refractivity contribution in [3.8, 4) is 0 Å². The third-order valence-corrected chi connectivity index (χ3v) is 4.72. The molecule has 0 saturated carbocycles. The van der Waals surface area contributed by atoms with Gasteiger partial charge in [0.1, 0.15) is 0 Å². The summed E-state index contributed by atoms with van der Waals surface area (Å²) >= 11 is 2.21. The number of anilines is 2. The highest BCUT2D eigenvalue weighted by Crippen LogP contribution is 2.13. The second kappa shape index (κ2) is 9.89. The van der Waals surface area contributed by atoms with Crippen LogP contribution in [-0.4, -0.2) is 18.4 Å². The number of carbonyl (C=O) groups excluding carboxylic acids is 2. The van der Waals surface area contributed by atoms with Gasteiger partial charge in [0, 0.05) is 27.1 Å². The van der Waals surface area contributed by atoms with E-state index in [2.05, 4.69) is 38.5 Å².